The minimum absolute atomic E-state index is 0.617. The smallest absolute Gasteiger partial charge is 0.0400 e. The fourth-order valence-corrected chi connectivity index (χ4v) is 3.46. The van der Waals surface area contributed by atoms with Crippen LogP contribution in [-0.2, 0) is 6.42 Å². The van der Waals surface area contributed by atoms with Gasteiger partial charge in [-0.2, -0.15) is 0 Å². The van der Waals surface area contributed by atoms with Crippen molar-refractivity contribution in [3.05, 3.63) is 23.3 Å². The summed E-state index contributed by atoms with van der Waals surface area (Å²) in [6.07, 6.45) is 3.66. The molecule has 2 heterocycles. The zero-order valence-corrected chi connectivity index (χ0v) is 12.1. The quantitative estimate of drug-likeness (QED) is 0.801. The zero-order valence-electron chi connectivity index (χ0n) is 12.1. The van der Waals surface area contributed by atoms with Gasteiger partial charge in [-0.1, -0.05) is 6.92 Å². The van der Waals surface area contributed by atoms with Crippen LogP contribution in [0, 0.1) is 12.3 Å². The molecule has 19 heavy (non-hydrogen) atoms. The summed E-state index contributed by atoms with van der Waals surface area (Å²) in [5.74, 6) is 0. The Labute approximate surface area is 116 Å². The van der Waals surface area contributed by atoms with Crippen LogP contribution in [0.4, 0.5) is 11.4 Å². The molecule has 0 unspecified atom stereocenters. The molecule has 3 rings (SSSR count). The van der Waals surface area contributed by atoms with Crippen molar-refractivity contribution < 1.29 is 0 Å². The third kappa shape index (κ3) is 2.20. The number of nitrogens with two attached hydrogens (primary N) is 1. The molecule has 3 N–H and O–H groups in total. The molecule has 0 saturated carbocycles. The van der Waals surface area contributed by atoms with Crippen LogP contribution in [0.3, 0.4) is 0 Å². The second-order valence-corrected chi connectivity index (χ2v) is 6.28. The summed E-state index contributed by atoms with van der Waals surface area (Å²) < 4.78 is 0. The molecule has 0 amide bonds. The number of rotatable bonds is 2. The van der Waals surface area contributed by atoms with Crippen LogP contribution in [0.15, 0.2) is 12.1 Å². The Balaban J connectivity index is 1.79. The van der Waals surface area contributed by atoms with Crippen molar-refractivity contribution in [2.24, 2.45) is 5.41 Å². The van der Waals surface area contributed by atoms with E-state index in [1.54, 1.807) is 0 Å². The number of anilines is 2. The van der Waals surface area contributed by atoms with Gasteiger partial charge in [0.1, 0.15) is 0 Å². The van der Waals surface area contributed by atoms with Gasteiger partial charge in [-0.05, 0) is 54.9 Å². The Bertz CT molecular complexity index is 467. The standard InChI is InChI=1S/C16H25N3/c1-3-13-9-15(12(2)8-14(13)17)19-6-4-16(5-7-19)10-18-11-16/h8-9,18H,3-7,10-11,17H2,1-2H3. The Morgan fingerprint density at radius 1 is 1.26 bits per heavy atom. The molecule has 2 aliphatic heterocycles. The van der Waals surface area contributed by atoms with Crippen LogP contribution in [0.25, 0.3) is 0 Å². The Morgan fingerprint density at radius 2 is 1.95 bits per heavy atom. The maximum Gasteiger partial charge on any atom is 0.0400 e. The highest BCUT2D eigenvalue weighted by Crippen LogP contribution is 2.37. The van der Waals surface area contributed by atoms with Crippen LogP contribution in [-0.4, -0.2) is 26.2 Å². The van der Waals surface area contributed by atoms with Gasteiger partial charge in [0.05, 0.1) is 0 Å². The largest absolute Gasteiger partial charge is 0.398 e. The van der Waals surface area contributed by atoms with Gasteiger partial charge in [-0.25, -0.2) is 0 Å². The SMILES string of the molecule is CCc1cc(N2CCC3(CC2)CNC3)c(C)cc1N. The first kappa shape index (κ1) is 12.8. The molecule has 2 fully saturated rings. The van der Waals surface area contributed by atoms with Gasteiger partial charge in [0.2, 0.25) is 0 Å². The first-order chi connectivity index (χ1) is 9.13. The van der Waals surface area contributed by atoms with E-state index in [0.29, 0.717) is 5.41 Å². The lowest BCUT2D eigenvalue weighted by atomic mass is 9.73. The topological polar surface area (TPSA) is 41.3 Å². The fraction of sp³-hybridized carbons (Fsp3) is 0.625. The molecule has 0 aliphatic carbocycles. The van der Waals surface area contributed by atoms with Gasteiger partial charge < -0.3 is 16.0 Å². The van der Waals surface area contributed by atoms with E-state index in [1.807, 2.05) is 0 Å². The highest BCUT2D eigenvalue weighted by atomic mass is 15.2. The van der Waals surface area contributed by atoms with Gasteiger partial charge in [0, 0.05) is 37.6 Å². The van der Waals surface area contributed by atoms with Crippen molar-refractivity contribution in [1.29, 1.82) is 0 Å². The van der Waals surface area contributed by atoms with E-state index in [2.05, 4.69) is 36.2 Å². The van der Waals surface area contributed by atoms with Crippen LogP contribution in [0.5, 0.6) is 0 Å². The van der Waals surface area contributed by atoms with Crippen molar-refractivity contribution in [3.8, 4) is 0 Å². The van der Waals surface area contributed by atoms with Gasteiger partial charge in [-0.3, -0.25) is 0 Å². The van der Waals surface area contributed by atoms with E-state index in [4.69, 9.17) is 5.73 Å². The number of nitrogen functional groups attached to an aromatic ring is 1. The lowest BCUT2D eigenvalue weighted by Crippen LogP contribution is -2.58. The highest BCUT2D eigenvalue weighted by molar-refractivity contribution is 5.63. The van der Waals surface area contributed by atoms with E-state index in [0.717, 1.165) is 12.1 Å². The van der Waals surface area contributed by atoms with Gasteiger partial charge >= 0.3 is 0 Å². The monoisotopic (exact) mass is 259 g/mol. The van der Waals surface area contributed by atoms with Crippen LogP contribution in [0.1, 0.15) is 30.9 Å². The second kappa shape index (κ2) is 4.71. The minimum Gasteiger partial charge on any atom is -0.398 e. The number of nitrogens with zero attached hydrogens (tertiary/aromatic N) is 1. The van der Waals surface area contributed by atoms with Gasteiger partial charge in [-0.15, -0.1) is 0 Å². The van der Waals surface area contributed by atoms with Crippen LogP contribution in [0.2, 0.25) is 0 Å². The zero-order chi connectivity index (χ0) is 13.5. The molecule has 2 aliphatic rings. The highest BCUT2D eigenvalue weighted by Gasteiger charge is 2.39. The van der Waals surface area contributed by atoms with Crippen LogP contribution < -0.4 is 16.0 Å². The molecule has 1 aromatic rings. The molecule has 0 atom stereocenters. The number of piperidine rings is 1. The van der Waals surface area contributed by atoms with Crippen molar-refractivity contribution in [2.45, 2.75) is 33.1 Å². The van der Waals surface area contributed by atoms with Crippen molar-refractivity contribution in [1.82, 2.24) is 5.32 Å². The first-order valence-electron chi connectivity index (χ1n) is 7.48. The summed E-state index contributed by atoms with van der Waals surface area (Å²) in [5, 5.41) is 3.43. The van der Waals surface area contributed by atoms with Gasteiger partial charge in [0.25, 0.3) is 0 Å². The fourth-order valence-electron chi connectivity index (χ4n) is 3.46. The molecule has 0 aromatic heterocycles. The third-order valence-electron chi connectivity index (χ3n) is 5.00. The predicted octanol–water partition coefficient (Wildman–Crippen LogP) is 2.33. The summed E-state index contributed by atoms with van der Waals surface area (Å²) in [4.78, 5) is 2.55. The molecule has 2 saturated heterocycles. The van der Waals surface area contributed by atoms with E-state index in [9.17, 15) is 0 Å². The predicted molar refractivity (Wildman–Crippen MR) is 81.7 cm³/mol. The van der Waals surface area contributed by atoms with Crippen LogP contribution >= 0.6 is 0 Å². The number of hydrogen-bond donors (Lipinski definition) is 2. The lowest BCUT2D eigenvalue weighted by molar-refractivity contribution is 0.126. The van der Waals surface area contributed by atoms with E-state index in [-0.39, 0.29) is 0 Å². The minimum atomic E-state index is 0.617. The van der Waals surface area contributed by atoms with Crippen molar-refractivity contribution in [2.75, 3.05) is 36.8 Å². The van der Waals surface area contributed by atoms with E-state index < -0.39 is 0 Å². The Kier molecular flexibility index (Phi) is 3.17. The third-order valence-corrected chi connectivity index (χ3v) is 5.00. The Hall–Kier alpha value is -1.22. The maximum atomic E-state index is 6.08. The van der Waals surface area contributed by atoms with Crippen molar-refractivity contribution >= 4 is 11.4 Å². The number of benzene rings is 1. The summed E-state index contributed by atoms with van der Waals surface area (Å²) in [6.45, 7) is 9.19. The normalized spacial score (nSPS) is 21.5. The molecule has 0 bridgehead atoms. The maximum absolute atomic E-state index is 6.08. The average Bonchev–Trinajstić information content (AvgIpc) is 2.37. The second-order valence-electron chi connectivity index (χ2n) is 6.28. The molecule has 0 radical (unpaired) electrons. The summed E-state index contributed by atoms with van der Waals surface area (Å²) in [5.41, 5.74) is 11.6. The number of nitrogens with one attached hydrogen (secondary N) is 1. The summed E-state index contributed by atoms with van der Waals surface area (Å²) in [6, 6.07) is 4.45. The molecular weight excluding hydrogens is 234 g/mol. The number of aryl methyl sites for hydroxylation is 2. The van der Waals surface area contributed by atoms with E-state index >= 15 is 0 Å². The molecule has 3 nitrogen and oxygen atoms in total. The molecule has 1 aromatic carbocycles. The van der Waals surface area contributed by atoms with E-state index in [1.165, 1.54) is 55.8 Å². The van der Waals surface area contributed by atoms with Gasteiger partial charge in [0.15, 0.2) is 0 Å². The van der Waals surface area contributed by atoms with Crippen molar-refractivity contribution in [3.63, 3.8) is 0 Å². The number of hydrogen-bond acceptors (Lipinski definition) is 3. The summed E-state index contributed by atoms with van der Waals surface area (Å²) in [7, 11) is 0. The Morgan fingerprint density at radius 3 is 2.47 bits per heavy atom. The average molecular weight is 259 g/mol. The molecule has 1 spiro atoms. The molecule has 3 heteroatoms. The lowest BCUT2D eigenvalue weighted by Gasteiger charge is -2.49. The molecular formula is C16H25N3. The summed E-state index contributed by atoms with van der Waals surface area (Å²) >= 11 is 0. The first-order valence-corrected chi connectivity index (χ1v) is 7.48. The molecule has 104 valence electrons.